The van der Waals surface area contributed by atoms with Gasteiger partial charge in [0.05, 0.1) is 5.58 Å². The molecule has 0 N–H and O–H groups in total. The van der Waals surface area contributed by atoms with Crippen LogP contribution in [0.5, 0.6) is 0 Å². The van der Waals surface area contributed by atoms with E-state index in [0.29, 0.717) is 11.6 Å². The maximum absolute atomic E-state index is 5.96. The Morgan fingerprint density at radius 2 is 1.63 bits per heavy atom. The van der Waals surface area contributed by atoms with Gasteiger partial charge < -0.3 is 14.4 Å². The van der Waals surface area contributed by atoms with E-state index in [1.807, 2.05) is 42.7 Å². The van der Waals surface area contributed by atoms with Gasteiger partial charge >= 0.3 is 0 Å². The summed E-state index contributed by atoms with van der Waals surface area (Å²) >= 11 is 0. The van der Waals surface area contributed by atoms with Crippen molar-refractivity contribution in [2.24, 2.45) is 0 Å². The summed E-state index contributed by atoms with van der Waals surface area (Å²) in [6.45, 7) is 10.6. The molecule has 0 amide bonds. The average molecular weight is 676 g/mol. The van der Waals surface area contributed by atoms with E-state index in [4.69, 9.17) is 4.42 Å². The topological polar surface area (TPSA) is 51.8 Å². The minimum Gasteiger partial charge on any atom is -0.486 e. The Balaban J connectivity index is 0.000000185. The molecule has 0 saturated heterocycles. The van der Waals surface area contributed by atoms with Gasteiger partial charge in [-0.05, 0) is 54.9 Å². The Morgan fingerprint density at radius 1 is 0.789 bits per heavy atom. The van der Waals surface area contributed by atoms with Crippen molar-refractivity contribution in [3.63, 3.8) is 0 Å². The smallest absolute Gasteiger partial charge is 0.216 e. The van der Waals surface area contributed by atoms with Crippen LogP contribution in [-0.2, 0) is 20.1 Å². The molecule has 5 heteroatoms. The summed E-state index contributed by atoms with van der Waals surface area (Å²) in [4.78, 5) is 13.2. The molecule has 4 heterocycles. The molecule has 0 atom stereocenters. The van der Waals surface area contributed by atoms with Crippen molar-refractivity contribution in [1.82, 2.24) is 15.0 Å². The van der Waals surface area contributed by atoms with Gasteiger partial charge in [-0.3, -0.25) is 0 Å². The van der Waals surface area contributed by atoms with Crippen molar-refractivity contribution in [1.29, 1.82) is 0 Å². The molecule has 0 bridgehead atoms. The number of hydrogen-bond donors (Lipinski definition) is 0. The molecule has 2 aromatic carbocycles. The van der Waals surface area contributed by atoms with E-state index in [1.165, 1.54) is 22.3 Å². The van der Waals surface area contributed by atoms with Crippen LogP contribution in [-0.4, -0.2) is 15.0 Å². The number of fused-ring (bicyclic) bond motifs is 3. The Kier molecular flexibility index (Phi) is 8.51. The van der Waals surface area contributed by atoms with Gasteiger partial charge in [0, 0.05) is 44.1 Å². The van der Waals surface area contributed by atoms with E-state index in [2.05, 4.69) is 92.0 Å². The van der Waals surface area contributed by atoms with Gasteiger partial charge in [-0.25, -0.2) is 4.98 Å². The Labute approximate surface area is 237 Å². The summed E-state index contributed by atoms with van der Waals surface area (Å²) in [5.74, 6) is 0.457. The summed E-state index contributed by atoms with van der Waals surface area (Å²) in [6.07, 6.45) is 5.50. The van der Waals surface area contributed by atoms with Crippen LogP contribution < -0.4 is 0 Å². The third-order valence-corrected chi connectivity index (χ3v) is 6.53. The number of aryl methyl sites for hydroxylation is 3. The second-order valence-electron chi connectivity index (χ2n) is 9.62. The van der Waals surface area contributed by atoms with Crippen molar-refractivity contribution < 1.29 is 24.5 Å². The van der Waals surface area contributed by atoms with Crippen LogP contribution in [0.1, 0.15) is 42.0 Å². The first-order chi connectivity index (χ1) is 17.9. The standard InChI is InChI=1S/C19H15N2O.C14H14N.Ir/c1-12(2)13-8-10-20-17(11-13)16-6-3-5-14-15-7-4-9-21-19(15)22-18(14)16;1-10-4-6-13(7-5-10)14-8-11(2)12(3)9-15-14;/h3-5,7-12H,1-2H3;4-6,8-9H,1-3H3;/q2*-1;. The van der Waals surface area contributed by atoms with Crippen LogP contribution in [0.4, 0.5) is 0 Å². The number of nitrogens with zero attached hydrogens (tertiary/aromatic N) is 3. The molecule has 38 heavy (non-hydrogen) atoms. The largest absolute Gasteiger partial charge is 0.486 e. The molecule has 6 rings (SSSR count). The van der Waals surface area contributed by atoms with Crippen LogP contribution in [0.15, 0.2) is 83.7 Å². The van der Waals surface area contributed by atoms with Gasteiger partial charge in [0.25, 0.3) is 0 Å². The Hall–Kier alpha value is -3.66. The second kappa shape index (κ2) is 11.8. The van der Waals surface area contributed by atoms with E-state index >= 15 is 0 Å². The number of rotatable bonds is 3. The molecule has 0 aliphatic carbocycles. The van der Waals surface area contributed by atoms with Crippen molar-refractivity contribution in [2.75, 3.05) is 0 Å². The van der Waals surface area contributed by atoms with E-state index in [-0.39, 0.29) is 20.1 Å². The first-order valence-corrected chi connectivity index (χ1v) is 12.5. The quantitative estimate of drug-likeness (QED) is 0.177. The van der Waals surface area contributed by atoms with E-state index in [1.54, 1.807) is 6.20 Å². The predicted octanol–water partition coefficient (Wildman–Crippen LogP) is 8.44. The average Bonchev–Trinajstić information content (AvgIpc) is 3.30. The van der Waals surface area contributed by atoms with Crippen LogP contribution in [0.3, 0.4) is 0 Å². The summed E-state index contributed by atoms with van der Waals surface area (Å²) in [7, 11) is 0. The number of pyridine rings is 3. The van der Waals surface area contributed by atoms with Crippen molar-refractivity contribution >= 4 is 22.1 Å². The number of benzene rings is 2. The zero-order valence-electron chi connectivity index (χ0n) is 22.2. The van der Waals surface area contributed by atoms with Gasteiger partial charge in [-0.15, -0.1) is 53.6 Å². The molecular weight excluding hydrogens is 647 g/mol. The van der Waals surface area contributed by atoms with Crippen LogP contribution >= 0.6 is 0 Å². The van der Waals surface area contributed by atoms with Crippen molar-refractivity contribution in [3.05, 3.63) is 114 Å². The van der Waals surface area contributed by atoms with Gasteiger partial charge in [0.2, 0.25) is 5.71 Å². The maximum atomic E-state index is 5.96. The molecule has 1 radical (unpaired) electrons. The molecular formula is C33H29IrN3O-2. The molecule has 193 valence electrons. The molecule has 0 aliphatic rings. The summed E-state index contributed by atoms with van der Waals surface area (Å²) in [6, 6.07) is 26.8. The molecule has 6 aromatic rings. The molecule has 0 unspecified atom stereocenters. The van der Waals surface area contributed by atoms with Gasteiger partial charge in [-0.2, -0.15) is 0 Å². The van der Waals surface area contributed by atoms with Crippen molar-refractivity contribution in [2.45, 2.75) is 40.5 Å². The second-order valence-corrected chi connectivity index (χ2v) is 9.62. The summed E-state index contributed by atoms with van der Waals surface area (Å²) < 4.78 is 5.96. The van der Waals surface area contributed by atoms with E-state index < -0.39 is 0 Å². The molecule has 4 nitrogen and oxygen atoms in total. The fraction of sp³-hybridized carbons (Fsp3) is 0.182. The number of hydrogen-bond acceptors (Lipinski definition) is 4. The van der Waals surface area contributed by atoms with Crippen LogP contribution in [0.2, 0.25) is 0 Å². The van der Waals surface area contributed by atoms with E-state index in [0.717, 1.165) is 38.9 Å². The minimum atomic E-state index is 0. The van der Waals surface area contributed by atoms with Gasteiger partial charge in [0.15, 0.2) is 0 Å². The van der Waals surface area contributed by atoms with Crippen LogP contribution in [0.25, 0.3) is 44.6 Å². The first kappa shape index (κ1) is 27.4. The van der Waals surface area contributed by atoms with Gasteiger partial charge in [-0.1, -0.05) is 55.0 Å². The summed E-state index contributed by atoms with van der Waals surface area (Å²) in [5, 5.41) is 2.07. The molecule has 0 fully saturated rings. The maximum Gasteiger partial charge on any atom is 0.216 e. The number of furan rings is 1. The van der Waals surface area contributed by atoms with Crippen molar-refractivity contribution in [3.8, 4) is 22.5 Å². The zero-order valence-corrected chi connectivity index (χ0v) is 24.6. The summed E-state index contributed by atoms with van der Waals surface area (Å²) in [5.41, 5.74) is 10.3. The Bertz CT molecular complexity index is 1690. The monoisotopic (exact) mass is 676 g/mol. The normalized spacial score (nSPS) is 10.8. The minimum absolute atomic E-state index is 0. The van der Waals surface area contributed by atoms with E-state index in [9.17, 15) is 0 Å². The molecule has 0 spiro atoms. The zero-order chi connectivity index (χ0) is 25.9. The van der Waals surface area contributed by atoms with Crippen LogP contribution in [0, 0.1) is 32.9 Å². The third-order valence-electron chi connectivity index (χ3n) is 6.53. The SMILES string of the molecule is CC(C)c1ccnc(-c2[c-]ccc3c2oc2ncccc23)c1.Cc1c[c-]c(-c2cc(C)c(C)cn2)cc1.[Ir]. The van der Waals surface area contributed by atoms with Gasteiger partial charge in [0.1, 0.15) is 0 Å². The Morgan fingerprint density at radius 3 is 2.37 bits per heavy atom. The molecule has 4 aromatic heterocycles. The third kappa shape index (κ3) is 5.75. The fourth-order valence-corrected chi connectivity index (χ4v) is 4.14. The molecule has 0 saturated carbocycles. The fourth-order valence-electron chi connectivity index (χ4n) is 4.14. The number of aromatic nitrogens is 3. The predicted molar refractivity (Wildman–Crippen MR) is 150 cm³/mol. The molecule has 0 aliphatic heterocycles. The first-order valence-electron chi connectivity index (χ1n) is 12.5.